The van der Waals surface area contributed by atoms with Crippen LogP contribution in [0.5, 0.6) is 5.75 Å². The van der Waals surface area contributed by atoms with Crippen LogP contribution in [0.2, 0.25) is 0 Å². The van der Waals surface area contributed by atoms with Crippen LogP contribution in [-0.2, 0) is 16.1 Å². The Bertz CT molecular complexity index is 1160. The molecule has 5 rings (SSSR count). The zero-order chi connectivity index (χ0) is 22.6. The summed E-state index contributed by atoms with van der Waals surface area (Å²) in [4.78, 5) is 0. The van der Waals surface area contributed by atoms with Crippen molar-refractivity contribution in [1.29, 1.82) is 5.26 Å². The number of fused-ring (bicyclic) bond motifs is 1. The first kappa shape index (κ1) is 21.3. The van der Waals surface area contributed by atoms with Gasteiger partial charge in [0.2, 0.25) is 0 Å². The molecule has 0 bridgehead atoms. The van der Waals surface area contributed by atoms with Crippen LogP contribution in [0.15, 0.2) is 60.8 Å². The molecule has 0 spiro atoms. The highest BCUT2D eigenvalue weighted by atomic mass is 32.1. The zero-order valence-corrected chi connectivity index (χ0v) is 18.4. The van der Waals surface area contributed by atoms with Crippen LogP contribution in [-0.4, -0.2) is 51.6 Å². The van der Waals surface area contributed by atoms with E-state index in [4.69, 9.17) is 31.7 Å². The molecule has 0 amide bonds. The molecule has 3 heterocycles. The Kier molecular flexibility index (Phi) is 6.17. The van der Waals surface area contributed by atoms with Crippen molar-refractivity contribution in [2.75, 3.05) is 18.5 Å². The van der Waals surface area contributed by atoms with E-state index in [9.17, 15) is 0 Å². The highest BCUT2D eigenvalue weighted by Gasteiger charge is 2.49. The van der Waals surface area contributed by atoms with E-state index >= 15 is 0 Å². The molecule has 2 N–H and O–H groups in total. The number of rotatable bonds is 6. The zero-order valence-electron chi connectivity index (χ0n) is 17.6. The van der Waals surface area contributed by atoms with Gasteiger partial charge < -0.3 is 24.8 Å². The predicted octanol–water partition coefficient (Wildman–Crippen LogP) is 2.42. The first-order valence-electron chi connectivity index (χ1n) is 10.6. The maximum absolute atomic E-state index is 9.05. The van der Waals surface area contributed by atoms with Crippen molar-refractivity contribution < 1.29 is 14.2 Å². The molecule has 2 aliphatic heterocycles. The molecule has 0 saturated carbocycles. The fourth-order valence-electron chi connectivity index (χ4n) is 4.05. The Labute approximate surface area is 196 Å². The lowest BCUT2D eigenvalue weighted by molar-refractivity contribution is 0.0624. The molecule has 4 atom stereocenters. The lowest BCUT2D eigenvalue weighted by atomic mass is 10.1. The number of aromatic nitrogens is 3. The first-order valence-corrected chi connectivity index (χ1v) is 11.0. The van der Waals surface area contributed by atoms with E-state index < -0.39 is 0 Å². The third-order valence-corrected chi connectivity index (χ3v) is 5.84. The number of nitrogens with one attached hydrogen (secondary N) is 2. The molecule has 168 valence electrons. The third-order valence-electron chi connectivity index (χ3n) is 5.62. The maximum atomic E-state index is 9.05. The van der Waals surface area contributed by atoms with Gasteiger partial charge in [0.25, 0.3) is 0 Å². The number of anilines is 1. The molecular formula is C23H22N6O3S. The maximum Gasteiger partial charge on any atom is 0.171 e. The van der Waals surface area contributed by atoms with Crippen LogP contribution < -0.4 is 15.4 Å². The molecule has 33 heavy (non-hydrogen) atoms. The topological polar surface area (TPSA) is 106 Å². The van der Waals surface area contributed by atoms with E-state index in [1.54, 1.807) is 22.9 Å². The summed E-state index contributed by atoms with van der Waals surface area (Å²) in [5.41, 5.74) is 2.05. The van der Waals surface area contributed by atoms with Gasteiger partial charge in [0.05, 0.1) is 37.1 Å². The molecule has 1 aromatic heterocycles. The van der Waals surface area contributed by atoms with Crippen molar-refractivity contribution in [2.45, 2.75) is 30.9 Å². The molecule has 0 unspecified atom stereocenters. The summed E-state index contributed by atoms with van der Waals surface area (Å²) >= 11 is 5.45. The second kappa shape index (κ2) is 9.54. The summed E-state index contributed by atoms with van der Waals surface area (Å²) in [6.07, 6.45) is 1.56. The molecule has 0 radical (unpaired) electrons. The number of ether oxygens (including phenoxy) is 3. The Balaban J connectivity index is 1.16. The minimum Gasteiger partial charge on any atom is -0.487 e. The van der Waals surface area contributed by atoms with Gasteiger partial charge in [-0.2, -0.15) is 5.26 Å². The van der Waals surface area contributed by atoms with E-state index in [-0.39, 0.29) is 24.3 Å². The Hall–Kier alpha value is -3.52. The summed E-state index contributed by atoms with van der Waals surface area (Å²) in [5, 5.41) is 24.4. The quantitative estimate of drug-likeness (QED) is 0.534. The molecular weight excluding hydrogens is 440 g/mol. The standard InChI is InChI=1S/C23H22N6O3S/c24-10-15-5-4-6-16(9-15)25-23(33)26-19-13-31-22-20(14-32-21(19)22)29-11-17(27-28-29)12-30-18-7-2-1-3-8-18/h1-9,11,19-22H,12-14H2,(H2,25,26,33)/t19-,20-,21+,22+/m0/s1. The molecule has 3 aromatic rings. The fourth-order valence-corrected chi connectivity index (χ4v) is 4.32. The lowest BCUT2D eigenvalue weighted by Crippen LogP contribution is -2.45. The van der Waals surface area contributed by atoms with Crippen molar-refractivity contribution in [1.82, 2.24) is 20.3 Å². The van der Waals surface area contributed by atoms with Gasteiger partial charge >= 0.3 is 0 Å². The second-order valence-electron chi connectivity index (χ2n) is 7.85. The van der Waals surface area contributed by atoms with Crippen LogP contribution >= 0.6 is 12.2 Å². The van der Waals surface area contributed by atoms with Gasteiger partial charge in [-0.3, -0.25) is 0 Å². The van der Waals surface area contributed by atoms with E-state index in [2.05, 4.69) is 27.0 Å². The van der Waals surface area contributed by atoms with Gasteiger partial charge in [-0.25, -0.2) is 4.68 Å². The van der Waals surface area contributed by atoms with Gasteiger partial charge in [-0.15, -0.1) is 5.10 Å². The highest BCUT2D eigenvalue weighted by Crippen LogP contribution is 2.34. The normalized spacial score (nSPS) is 23.5. The molecule has 2 aromatic carbocycles. The van der Waals surface area contributed by atoms with Crippen LogP contribution in [0.25, 0.3) is 0 Å². The van der Waals surface area contributed by atoms with Crippen LogP contribution in [0.1, 0.15) is 17.3 Å². The second-order valence-corrected chi connectivity index (χ2v) is 8.26. The molecule has 10 heteroatoms. The van der Waals surface area contributed by atoms with Crippen LogP contribution in [0, 0.1) is 11.3 Å². The highest BCUT2D eigenvalue weighted by molar-refractivity contribution is 7.80. The number of para-hydroxylation sites is 1. The molecule has 2 saturated heterocycles. The number of nitriles is 1. The number of benzene rings is 2. The number of nitrogens with zero attached hydrogens (tertiary/aromatic N) is 4. The predicted molar refractivity (Wildman–Crippen MR) is 124 cm³/mol. The Morgan fingerprint density at radius 1 is 1.15 bits per heavy atom. The molecule has 2 fully saturated rings. The Morgan fingerprint density at radius 3 is 2.85 bits per heavy atom. The van der Waals surface area contributed by atoms with Gasteiger partial charge in [0.1, 0.15) is 36.3 Å². The van der Waals surface area contributed by atoms with E-state index in [0.717, 1.165) is 17.1 Å². The molecule has 9 nitrogen and oxygen atoms in total. The number of hydrogen-bond acceptors (Lipinski definition) is 7. The van der Waals surface area contributed by atoms with Gasteiger partial charge in [-0.05, 0) is 42.5 Å². The van der Waals surface area contributed by atoms with E-state index in [1.165, 1.54) is 0 Å². The average Bonchev–Trinajstić information content (AvgIpc) is 3.56. The largest absolute Gasteiger partial charge is 0.487 e. The molecule has 0 aliphatic carbocycles. The Morgan fingerprint density at radius 2 is 2.00 bits per heavy atom. The smallest absolute Gasteiger partial charge is 0.171 e. The van der Waals surface area contributed by atoms with Crippen LogP contribution in [0.3, 0.4) is 0 Å². The number of thiocarbonyl (C=S) groups is 1. The van der Waals surface area contributed by atoms with E-state index in [0.29, 0.717) is 30.5 Å². The lowest BCUT2D eigenvalue weighted by Gasteiger charge is -2.20. The minimum absolute atomic E-state index is 0.0754. The summed E-state index contributed by atoms with van der Waals surface area (Å²) in [6.45, 7) is 1.27. The van der Waals surface area contributed by atoms with Gasteiger partial charge in [0, 0.05) is 5.69 Å². The fraction of sp³-hybridized carbons (Fsp3) is 0.304. The first-order chi connectivity index (χ1) is 16.2. The van der Waals surface area contributed by atoms with Gasteiger partial charge in [0.15, 0.2) is 5.11 Å². The summed E-state index contributed by atoms with van der Waals surface area (Å²) < 4.78 is 19.6. The summed E-state index contributed by atoms with van der Waals surface area (Å²) in [5.74, 6) is 0.785. The van der Waals surface area contributed by atoms with Crippen LogP contribution in [0.4, 0.5) is 5.69 Å². The van der Waals surface area contributed by atoms with Crippen molar-refractivity contribution in [3.63, 3.8) is 0 Å². The van der Waals surface area contributed by atoms with Crippen molar-refractivity contribution in [3.05, 3.63) is 72.1 Å². The van der Waals surface area contributed by atoms with Crippen molar-refractivity contribution in [2.24, 2.45) is 0 Å². The third kappa shape index (κ3) is 4.80. The van der Waals surface area contributed by atoms with Crippen molar-refractivity contribution in [3.8, 4) is 11.8 Å². The van der Waals surface area contributed by atoms with E-state index in [1.807, 2.05) is 42.6 Å². The monoisotopic (exact) mass is 462 g/mol. The average molecular weight is 463 g/mol. The SMILES string of the molecule is N#Cc1cccc(NC(=S)N[C@H]2CO[C@H]3[C@@H]2OC[C@@H]3n2cc(COc3ccccc3)nn2)c1. The molecule has 2 aliphatic rings. The summed E-state index contributed by atoms with van der Waals surface area (Å²) in [7, 11) is 0. The number of hydrogen-bond donors (Lipinski definition) is 2. The van der Waals surface area contributed by atoms with Gasteiger partial charge in [-0.1, -0.05) is 29.5 Å². The van der Waals surface area contributed by atoms with Crippen molar-refractivity contribution >= 4 is 23.0 Å². The summed E-state index contributed by atoms with van der Waals surface area (Å²) in [6, 6.07) is 18.7. The minimum atomic E-state index is -0.159.